The lowest BCUT2D eigenvalue weighted by Gasteiger charge is -2.12. The number of amides is 1. The van der Waals surface area contributed by atoms with Gasteiger partial charge < -0.3 is 11.1 Å². The maximum atomic E-state index is 11.9. The van der Waals surface area contributed by atoms with Crippen LogP contribution in [-0.2, 0) is 4.79 Å². The van der Waals surface area contributed by atoms with E-state index in [0.717, 1.165) is 10.9 Å². The Bertz CT molecular complexity index is 478. The van der Waals surface area contributed by atoms with Gasteiger partial charge in [-0.2, -0.15) is 0 Å². The van der Waals surface area contributed by atoms with E-state index in [-0.39, 0.29) is 11.9 Å². The lowest BCUT2D eigenvalue weighted by atomic mass is 10.1. The first-order valence-electron chi connectivity index (χ1n) is 8.03. The van der Waals surface area contributed by atoms with Crippen LogP contribution in [0, 0.1) is 5.92 Å². The van der Waals surface area contributed by atoms with Gasteiger partial charge in [-0.1, -0.05) is 12.8 Å². The zero-order valence-electron chi connectivity index (χ0n) is 12.4. The molecule has 1 unspecified atom stereocenters. The monoisotopic (exact) mass is 304 g/mol. The third-order valence-corrected chi connectivity index (χ3v) is 5.74. The molecule has 1 amide bonds. The van der Waals surface area contributed by atoms with Crippen molar-refractivity contribution in [1.82, 2.24) is 0 Å². The standard InChI is InChI=1S/C17H24N2OS/c18-16(12-5-6-12)11-17(20)19-13-7-9-15(10-8-13)21-14-3-1-2-4-14/h7-10,12,14,16H,1-6,11,18H2,(H,19,20). The first kappa shape index (κ1) is 14.9. The van der Waals surface area contributed by atoms with E-state index in [4.69, 9.17) is 5.73 Å². The van der Waals surface area contributed by atoms with Crippen molar-refractivity contribution in [3.8, 4) is 0 Å². The van der Waals surface area contributed by atoms with Gasteiger partial charge in [0.2, 0.25) is 5.91 Å². The number of carbonyl (C=O) groups is 1. The van der Waals surface area contributed by atoms with Crippen LogP contribution in [0.15, 0.2) is 29.2 Å². The van der Waals surface area contributed by atoms with Crippen LogP contribution in [0.3, 0.4) is 0 Å². The minimum absolute atomic E-state index is 0.0298. The summed E-state index contributed by atoms with van der Waals surface area (Å²) in [6.45, 7) is 0. The topological polar surface area (TPSA) is 55.1 Å². The molecule has 0 saturated heterocycles. The molecule has 0 heterocycles. The number of nitrogens with one attached hydrogen (secondary N) is 1. The molecule has 2 aliphatic rings. The van der Waals surface area contributed by atoms with Crippen molar-refractivity contribution in [3.05, 3.63) is 24.3 Å². The van der Waals surface area contributed by atoms with Gasteiger partial charge in [0.05, 0.1) is 0 Å². The number of thioether (sulfide) groups is 1. The van der Waals surface area contributed by atoms with E-state index in [1.807, 2.05) is 23.9 Å². The van der Waals surface area contributed by atoms with Gasteiger partial charge in [0, 0.05) is 28.3 Å². The second-order valence-corrected chi connectivity index (χ2v) is 7.68. The van der Waals surface area contributed by atoms with E-state index < -0.39 is 0 Å². The Hall–Kier alpha value is -1.00. The summed E-state index contributed by atoms with van der Waals surface area (Å²) in [5.74, 6) is 0.603. The maximum absolute atomic E-state index is 11.9. The minimum Gasteiger partial charge on any atom is -0.327 e. The molecule has 2 fully saturated rings. The Morgan fingerprint density at radius 2 is 1.86 bits per heavy atom. The molecule has 2 saturated carbocycles. The van der Waals surface area contributed by atoms with Crippen LogP contribution in [0.25, 0.3) is 0 Å². The lowest BCUT2D eigenvalue weighted by molar-refractivity contribution is -0.116. The largest absolute Gasteiger partial charge is 0.327 e. The Morgan fingerprint density at radius 1 is 1.19 bits per heavy atom. The van der Waals surface area contributed by atoms with Crippen molar-refractivity contribution in [2.45, 2.75) is 61.1 Å². The van der Waals surface area contributed by atoms with Crippen molar-refractivity contribution in [2.75, 3.05) is 5.32 Å². The molecule has 0 radical (unpaired) electrons. The summed E-state index contributed by atoms with van der Waals surface area (Å²) in [5.41, 5.74) is 6.86. The molecule has 2 aliphatic carbocycles. The summed E-state index contributed by atoms with van der Waals surface area (Å²) in [5, 5.41) is 3.73. The molecule has 0 spiro atoms. The van der Waals surface area contributed by atoms with Gasteiger partial charge in [-0.15, -0.1) is 11.8 Å². The number of hydrogen-bond acceptors (Lipinski definition) is 3. The van der Waals surface area contributed by atoms with E-state index >= 15 is 0 Å². The fraction of sp³-hybridized carbons (Fsp3) is 0.588. The first-order valence-corrected chi connectivity index (χ1v) is 8.91. The molecule has 0 aliphatic heterocycles. The molecule has 114 valence electrons. The highest BCUT2D eigenvalue weighted by atomic mass is 32.2. The van der Waals surface area contributed by atoms with Gasteiger partial charge in [0.25, 0.3) is 0 Å². The lowest BCUT2D eigenvalue weighted by Crippen LogP contribution is -2.28. The quantitative estimate of drug-likeness (QED) is 0.840. The van der Waals surface area contributed by atoms with Crippen molar-refractivity contribution < 1.29 is 4.79 Å². The van der Waals surface area contributed by atoms with Gasteiger partial charge in [-0.3, -0.25) is 4.79 Å². The van der Waals surface area contributed by atoms with E-state index in [2.05, 4.69) is 17.4 Å². The predicted octanol–water partition coefficient (Wildman–Crippen LogP) is 3.79. The molecular weight excluding hydrogens is 280 g/mol. The number of carbonyl (C=O) groups excluding carboxylic acids is 1. The second-order valence-electron chi connectivity index (χ2n) is 6.30. The van der Waals surface area contributed by atoms with Gasteiger partial charge in [0.1, 0.15) is 0 Å². The van der Waals surface area contributed by atoms with Crippen LogP contribution in [0.2, 0.25) is 0 Å². The average Bonchev–Trinajstić information content (AvgIpc) is 3.20. The van der Waals surface area contributed by atoms with Crippen LogP contribution >= 0.6 is 11.8 Å². The highest BCUT2D eigenvalue weighted by Crippen LogP contribution is 2.35. The smallest absolute Gasteiger partial charge is 0.225 e. The molecular formula is C17H24N2OS. The number of nitrogens with two attached hydrogens (primary N) is 1. The van der Waals surface area contributed by atoms with E-state index in [1.54, 1.807) is 0 Å². The fourth-order valence-corrected chi connectivity index (χ4v) is 4.18. The van der Waals surface area contributed by atoms with Crippen molar-refractivity contribution in [2.24, 2.45) is 11.7 Å². The van der Waals surface area contributed by atoms with Crippen LogP contribution < -0.4 is 11.1 Å². The SMILES string of the molecule is NC(CC(=O)Nc1ccc(SC2CCCC2)cc1)C1CC1. The number of benzene rings is 1. The van der Waals surface area contributed by atoms with Crippen LogP contribution in [0.1, 0.15) is 44.9 Å². The molecule has 3 nitrogen and oxygen atoms in total. The van der Waals surface area contributed by atoms with E-state index in [0.29, 0.717) is 12.3 Å². The minimum atomic E-state index is 0.0298. The Morgan fingerprint density at radius 3 is 2.48 bits per heavy atom. The average molecular weight is 304 g/mol. The van der Waals surface area contributed by atoms with E-state index in [9.17, 15) is 4.79 Å². The van der Waals surface area contributed by atoms with Crippen LogP contribution in [0.4, 0.5) is 5.69 Å². The molecule has 0 bridgehead atoms. The summed E-state index contributed by atoms with van der Waals surface area (Å²) in [4.78, 5) is 13.2. The van der Waals surface area contributed by atoms with Crippen molar-refractivity contribution in [3.63, 3.8) is 0 Å². The summed E-state index contributed by atoms with van der Waals surface area (Å²) in [7, 11) is 0. The summed E-state index contributed by atoms with van der Waals surface area (Å²) in [6.07, 6.45) is 8.21. The summed E-state index contributed by atoms with van der Waals surface area (Å²) >= 11 is 1.97. The molecule has 1 aromatic carbocycles. The molecule has 21 heavy (non-hydrogen) atoms. The Balaban J connectivity index is 1.47. The molecule has 1 aromatic rings. The number of hydrogen-bond donors (Lipinski definition) is 2. The molecule has 3 N–H and O–H groups in total. The second kappa shape index (κ2) is 6.84. The van der Waals surface area contributed by atoms with Gasteiger partial charge in [0.15, 0.2) is 0 Å². The highest BCUT2D eigenvalue weighted by molar-refractivity contribution is 8.00. The zero-order valence-corrected chi connectivity index (χ0v) is 13.2. The highest BCUT2D eigenvalue weighted by Gasteiger charge is 2.29. The summed E-state index contributed by atoms with van der Waals surface area (Å²) < 4.78 is 0. The summed E-state index contributed by atoms with van der Waals surface area (Å²) in [6, 6.07) is 8.25. The number of rotatable bonds is 6. The third-order valence-electron chi connectivity index (χ3n) is 4.39. The zero-order chi connectivity index (χ0) is 14.7. The van der Waals surface area contributed by atoms with Crippen LogP contribution in [0.5, 0.6) is 0 Å². The molecule has 3 rings (SSSR count). The first-order chi connectivity index (χ1) is 10.2. The third kappa shape index (κ3) is 4.48. The fourth-order valence-electron chi connectivity index (χ4n) is 2.93. The van der Waals surface area contributed by atoms with Crippen LogP contribution in [-0.4, -0.2) is 17.2 Å². The van der Waals surface area contributed by atoms with Crippen molar-refractivity contribution in [1.29, 1.82) is 0 Å². The van der Waals surface area contributed by atoms with Gasteiger partial charge in [-0.05, 0) is 55.9 Å². The van der Waals surface area contributed by atoms with E-state index in [1.165, 1.54) is 43.4 Å². The Labute approximate surface area is 131 Å². The molecule has 4 heteroatoms. The van der Waals surface area contributed by atoms with Crippen molar-refractivity contribution >= 4 is 23.4 Å². The normalized spacial score (nSPS) is 20.4. The molecule has 0 aromatic heterocycles. The van der Waals surface area contributed by atoms with Gasteiger partial charge >= 0.3 is 0 Å². The molecule has 1 atom stereocenters. The van der Waals surface area contributed by atoms with Gasteiger partial charge in [-0.25, -0.2) is 0 Å². The predicted molar refractivity (Wildman–Crippen MR) is 88.5 cm³/mol. The number of anilines is 1. The Kier molecular flexibility index (Phi) is 4.86. The maximum Gasteiger partial charge on any atom is 0.225 e.